The molecule has 4 rings (SSSR count). The van der Waals surface area contributed by atoms with Gasteiger partial charge in [-0.25, -0.2) is 14.1 Å². The molecule has 2 N–H and O–H groups in total. The van der Waals surface area contributed by atoms with E-state index in [0.717, 1.165) is 42.8 Å². The predicted molar refractivity (Wildman–Crippen MR) is 97.9 cm³/mol. The van der Waals surface area contributed by atoms with Gasteiger partial charge >= 0.3 is 0 Å². The molecular formula is C18H22FN7O. The topological polar surface area (TPSA) is 89.7 Å². The van der Waals surface area contributed by atoms with E-state index in [4.69, 9.17) is 0 Å². The molecule has 2 aromatic heterocycles. The number of nitrogens with zero attached hydrogens (tertiary/aromatic N) is 5. The van der Waals surface area contributed by atoms with E-state index in [1.165, 1.54) is 12.1 Å². The van der Waals surface area contributed by atoms with Crippen LogP contribution in [0.4, 0.5) is 4.39 Å². The van der Waals surface area contributed by atoms with Gasteiger partial charge in [-0.3, -0.25) is 4.79 Å². The van der Waals surface area contributed by atoms with Gasteiger partial charge in [0.1, 0.15) is 11.6 Å². The number of imidazole rings is 1. The first-order valence-electron chi connectivity index (χ1n) is 9.13. The van der Waals surface area contributed by atoms with E-state index in [1.54, 1.807) is 16.9 Å². The lowest BCUT2D eigenvalue weighted by atomic mass is 10.1. The molecular weight excluding hydrogens is 349 g/mol. The summed E-state index contributed by atoms with van der Waals surface area (Å²) in [4.78, 5) is 16.8. The van der Waals surface area contributed by atoms with Crippen molar-refractivity contribution in [2.24, 2.45) is 7.05 Å². The lowest BCUT2D eigenvalue weighted by Gasteiger charge is -2.22. The third kappa shape index (κ3) is 3.68. The first-order chi connectivity index (χ1) is 13.1. The van der Waals surface area contributed by atoms with Crippen LogP contribution in [0.3, 0.4) is 0 Å². The summed E-state index contributed by atoms with van der Waals surface area (Å²) < 4.78 is 17.0. The number of rotatable bonds is 5. The fraction of sp³-hybridized carbons (Fsp3) is 0.444. The van der Waals surface area contributed by atoms with Crippen molar-refractivity contribution in [3.05, 3.63) is 41.7 Å². The van der Waals surface area contributed by atoms with Crippen LogP contribution in [-0.4, -0.2) is 50.1 Å². The Balaban J connectivity index is 1.36. The number of carbonyl (C=O) groups excluding carboxylic acids is 1. The Morgan fingerprint density at radius 2 is 2.19 bits per heavy atom. The molecule has 0 unspecified atom stereocenters. The summed E-state index contributed by atoms with van der Waals surface area (Å²) in [7, 11) is 1.84. The van der Waals surface area contributed by atoms with Gasteiger partial charge in [-0.1, -0.05) is 5.21 Å². The van der Waals surface area contributed by atoms with E-state index in [0.29, 0.717) is 24.7 Å². The van der Waals surface area contributed by atoms with Crippen LogP contribution >= 0.6 is 0 Å². The van der Waals surface area contributed by atoms with Gasteiger partial charge in [0.2, 0.25) is 0 Å². The van der Waals surface area contributed by atoms with Crippen LogP contribution in [0, 0.1) is 5.82 Å². The van der Waals surface area contributed by atoms with Gasteiger partial charge in [0.25, 0.3) is 5.91 Å². The molecule has 8 nitrogen and oxygen atoms in total. The largest absolute Gasteiger partial charge is 0.350 e. The molecule has 3 heterocycles. The Labute approximate surface area is 155 Å². The second-order valence-electron chi connectivity index (χ2n) is 6.79. The molecule has 9 heteroatoms. The standard InChI is InChI=1S/C18H22FN7O/c1-25-16-10-12(19)2-3-14(16)22-17(25)6-9-21-18(27)15-11-26(24-23-15)13-4-7-20-8-5-13/h2-3,10-11,13,20H,4-9H2,1H3,(H,21,27). The highest BCUT2D eigenvalue weighted by molar-refractivity contribution is 5.91. The number of fused-ring (bicyclic) bond motifs is 1. The molecule has 27 heavy (non-hydrogen) atoms. The monoisotopic (exact) mass is 371 g/mol. The van der Waals surface area contributed by atoms with Crippen molar-refractivity contribution in [3.63, 3.8) is 0 Å². The second kappa shape index (κ2) is 7.43. The van der Waals surface area contributed by atoms with Crippen molar-refractivity contribution in [2.75, 3.05) is 19.6 Å². The van der Waals surface area contributed by atoms with Crippen LogP contribution in [0.2, 0.25) is 0 Å². The van der Waals surface area contributed by atoms with Gasteiger partial charge in [0.15, 0.2) is 5.69 Å². The smallest absolute Gasteiger partial charge is 0.273 e. The van der Waals surface area contributed by atoms with E-state index in [9.17, 15) is 9.18 Å². The van der Waals surface area contributed by atoms with Crippen molar-refractivity contribution in [3.8, 4) is 0 Å². The number of aryl methyl sites for hydroxylation is 1. The summed E-state index contributed by atoms with van der Waals surface area (Å²) >= 11 is 0. The Bertz CT molecular complexity index is 958. The summed E-state index contributed by atoms with van der Waals surface area (Å²) in [6.07, 6.45) is 4.22. The Hall–Kier alpha value is -2.81. The van der Waals surface area contributed by atoms with Gasteiger partial charge in [-0.05, 0) is 44.1 Å². The number of nitrogens with one attached hydrogen (secondary N) is 2. The lowest BCUT2D eigenvalue weighted by molar-refractivity contribution is 0.0949. The fourth-order valence-corrected chi connectivity index (χ4v) is 3.45. The summed E-state index contributed by atoms with van der Waals surface area (Å²) in [6.45, 7) is 2.32. The van der Waals surface area contributed by atoms with Gasteiger partial charge in [-0.2, -0.15) is 0 Å². The van der Waals surface area contributed by atoms with Crippen LogP contribution in [-0.2, 0) is 13.5 Å². The number of carbonyl (C=O) groups is 1. The highest BCUT2D eigenvalue weighted by Crippen LogP contribution is 2.18. The fourth-order valence-electron chi connectivity index (χ4n) is 3.45. The molecule has 1 saturated heterocycles. The van der Waals surface area contributed by atoms with E-state index in [-0.39, 0.29) is 11.7 Å². The summed E-state index contributed by atoms with van der Waals surface area (Å²) in [6, 6.07) is 4.81. The van der Waals surface area contributed by atoms with Gasteiger partial charge in [0.05, 0.1) is 23.3 Å². The highest BCUT2D eigenvalue weighted by atomic mass is 19.1. The predicted octanol–water partition coefficient (Wildman–Crippen LogP) is 1.20. The molecule has 1 aromatic carbocycles. The van der Waals surface area contributed by atoms with Crippen LogP contribution in [0.25, 0.3) is 11.0 Å². The van der Waals surface area contributed by atoms with Crippen LogP contribution in [0.15, 0.2) is 24.4 Å². The average molecular weight is 371 g/mol. The number of aromatic nitrogens is 5. The maximum atomic E-state index is 13.4. The first kappa shape index (κ1) is 17.6. The van der Waals surface area contributed by atoms with E-state index >= 15 is 0 Å². The molecule has 0 spiro atoms. The minimum Gasteiger partial charge on any atom is -0.350 e. The number of piperidine rings is 1. The maximum absolute atomic E-state index is 13.4. The zero-order valence-corrected chi connectivity index (χ0v) is 15.2. The summed E-state index contributed by atoms with van der Waals surface area (Å²) in [5.41, 5.74) is 1.80. The van der Waals surface area contributed by atoms with Gasteiger partial charge in [0, 0.05) is 20.0 Å². The molecule has 0 saturated carbocycles. The summed E-state index contributed by atoms with van der Waals surface area (Å²) in [5.74, 6) is 0.247. The maximum Gasteiger partial charge on any atom is 0.273 e. The average Bonchev–Trinajstić information content (AvgIpc) is 3.29. The molecule has 1 aliphatic rings. The van der Waals surface area contributed by atoms with E-state index in [1.807, 2.05) is 11.6 Å². The van der Waals surface area contributed by atoms with E-state index in [2.05, 4.69) is 25.9 Å². The van der Waals surface area contributed by atoms with Crippen molar-refractivity contribution in [2.45, 2.75) is 25.3 Å². The first-order valence-corrected chi connectivity index (χ1v) is 9.13. The molecule has 1 aliphatic heterocycles. The number of hydrogen-bond donors (Lipinski definition) is 2. The Morgan fingerprint density at radius 1 is 1.37 bits per heavy atom. The zero-order valence-electron chi connectivity index (χ0n) is 15.2. The van der Waals surface area contributed by atoms with Crippen LogP contribution in [0.5, 0.6) is 0 Å². The van der Waals surface area contributed by atoms with Crippen molar-refractivity contribution in [1.29, 1.82) is 0 Å². The van der Waals surface area contributed by atoms with Crippen LogP contribution in [0.1, 0.15) is 35.2 Å². The SMILES string of the molecule is Cn1c(CCNC(=O)c2cn(C3CCNCC3)nn2)nc2ccc(F)cc21. The molecule has 0 atom stereocenters. The lowest BCUT2D eigenvalue weighted by Crippen LogP contribution is -2.29. The number of halogens is 1. The highest BCUT2D eigenvalue weighted by Gasteiger charge is 2.18. The van der Waals surface area contributed by atoms with Crippen molar-refractivity contribution in [1.82, 2.24) is 35.2 Å². The third-order valence-electron chi connectivity index (χ3n) is 5.00. The zero-order chi connectivity index (χ0) is 18.8. The number of amides is 1. The van der Waals surface area contributed by atoms with Crippen molar-refractivity contribution < 1.29 is 9.18 Å². The molecule has 1 fully saturated rings. The Kier molecular flexibility index (Phi) is 4.85. The minimum atomic E-state index is -0.290. The van der Waals surface area contributed by atoms with Crippen LogP contribution < -0.4 is 10.6 Å². The number of hydrogen-bond acceptors (Lipinski definition) is 5. The molecule has 0 aliphatic carbocycles. The van der Waals surface area contributed by atoms with E-state index < -0.39 is 0 Å². The molecule has 1 amide bonds. The molecule has 0 bridgehead atoms. The molecule has 142 valence electrons. The summed E-state index contributed by atoms with van der Waals surface area (Å²) in [5, 5.41) is 14.3. The van der Waals surface area contributed by atoms with Gasteiger partial charge in [-0.15, -0.1) is 5.10 Å². The minimum absolute atomic E-state index is 0.250. The second-order valence-corrected chi connectivity index (χ2v) is 6.79. The molecule has 0 radical (unpaired) electrons. The number of benzene rings is 1. The quantitative estimate of drug-likeness (QED) is 0.703. The Morgan fingerprint density at radius 3 is 3.00 bits per heavy atom. The third-order valence-corrected chi connectivity index (χ3v) is 5.00. The van der Waals surface area contributed by atoms with Crippen molar-refractivity contribution >= 4 is 16.9 Å². The molecule has 3 aromatic rings. The van der Waals surface area contributed by atoms with Gasteiger partial charge < -0.3 is 15.2 Å². The normalized spacial score (nSPS) is 15.3.